The number of carboxylic acid groups (broad SMARTS) is 1. The second-order valence-electron chi connectivity index (χ2n) is 7.18. The Kier molecular flexibility index (Phi) is 9.75. The van der Waals surface area contributed by atoms with Gasteiger partial charge >= 0.3 is 12.1 Å². The maximum Gasteiger partial charge on any atom is 0.419 e. The van der Waals surface area contributed by atoms with Crippen molar-refractivity contribution in [3.63, 3.8) is 0 Å². The van der Waals surface area contributed by atoms with Crippen LogP contribution in [-0.2, 0) is 17.4 Å². The number of unbranched alkanes of at least 4 members (excludes halogenated alkanes) is 4. The third-order valence-electron chi connectivity index (χ3n) is 4.58. The minimum absolute atomic E-state index is 0.0464. The first-order chi connectivity index (χ1) is 13.1. The largest absolute Gasteiger partial charge is 0.493 e. The Morgan fingerprint density at radius 2 is 1.86 bits per heavy atom. The van der Waals surface area contributed by atoms with Crippen LogP contribution in [0.4, 0.5) is 13.2 Å². The van der Waals surface area contributed by atoms with Crippen molar-refractivity contribution in [2.75, 3.05) is 13.2 Å². The van der Waals surface area contributed by atoms with Gasteiger partial charge in [-0.1, -0.05) is 38.7 Å². The van der Waals surface area contributed by atoms with Gasteiger partial charge in [0.1, 0.15) is 5.75 Å². The molecule has 0 heterocycles. The minimum Gasteiger partial charge on any atom is -0.493 e. The molecule has 1 unspecified atom stereocenters. The first-order valence-electron chi connectivity index (χ1n) is 9.56. The van der Waals surface area contributed by atoms with Crippen molar-refractivity contribution in [3.8, 4) is 5.75 Å². The number of hydrogen-bond acceptors (Lipinski definition) is 4. The molecule has 0 aliphatic heterocycles. The Labute approximate surface area is 163 Å². The van der Waals surface area contributed by atoms with E-state index in [1.165, 1.54) is 12.1 Å². The predicted octanol–water partition coefficient (Wildman–Crippen LogP) is 4.15. The number of aliphatic carboxylic acids is 1. The number of benzene rings is 1. The summed E-state index contributed by atoms with van der Waals surface area (Å²) in [5, 5.41) is 18.2. The van der Waals surface area contributed by atoms with Crippen LogP contribution in [0.5, 0.6) is 5.75 Å². The number of carboxylic acids is 1. The zero-order valence-corrected chi connectivity index (χ0v) is 16.2. The maximum atomic E-state index is 13.4. The molecular weight excluding hydrogens is 375 g/mol. The molecule has 0 bridgehead atoms. The molecule has 28 heavy (non-hydrogen) atoms. The molecule has 0 aliphatic carbocycles. The Morgan fingerprint density at radius 3 is 2.43 bits per heavy atom. The Balaban J connectivity index is 2.78. The number of carbonyl (C=O) groups is 1. The molecule has 0 aliphatic rings. The van der Waals surface area contributed by atoms with E-state index in [4.69, 9.17) is 15.6 Å². The summed E-state index contributed by atoms with van der Waals surface area (Å²) in [7, 11) is 0. The van der Waals surface area contributed by atoms with Crippen molar-refractivity contribution in [2.45, 2.75) is 70.0 Å². The summed E-state index contributed by atoms with van der Waals surface area (Å²) in [5.74, 6) is -1.38. The molecule has 4 N–H and O–H groups in total. The van der Waals surface area contributed by atoms with Gasteiger partial charge in [0.05, 0.1) is 25.2 Å². The normalized spacial score (nSPS) is 13.9. The van der Waals surface area contributed by atoms with Crippen molar-refractivity contribution in [1.29, 1.82) is 0 Å². The summed E-state index contributed by atoms with van der Waals surface area (Å²) in [6, 6.07) is 3.81. The van der Waals surface area contributed by atoms with Crippen molar-refractivity contribution in [2.24, 2.45) is 5.73 Å². The monoisotopic (exact) mass is 405 g/mol. The van der Waals surface area contributed by atoms with Gasteiger partial charge < -0.3 is 20.7 Å². The van der Waals surface area contributed by atoms with Gasteiger partial charge in [0.15, 0.2) is 0 Å². The van der Waals surface area contributed by atoms with E-state index in [0.29, 0.717) is 12.0 Å². The van der Waals surface area contributed by atoms with E-state index in [0.717, 1.165) is 31.7 Å². The van der Waals surface area contributed by atoms with Gasteiger partial charge in [-0.3, -0.25) is 4.79 Å². The van der Waals surface area contributed by atoms with Crippen LogP contribution in [0.25, 0.3) is 0 Å². The molecule has 0 radical (unpaired) electrons. The zero-order valence-electron chi connectivity index (χ0n) is 16.2. The van der Waals surface area contributed by atoms with E-state index in [2.05, 4.69) is 6.92 Å². The van der Waals surface area contributed by atoms with Gasteiger partial charge in [0.2, 0.25) is 0 Å². The molecule has 0 spiro atoms. The number of hydrogen-bond donors (Lipinski definition) is 3. The zero-order chi connectivity index (χ0) is 21.2. The van der Waals surface area contributed by atoms with E-state index < -0.39 is 36.3 Å². The van der Waals surface area contributed by atoms with Gasteiger partial charge in [0.25, 0.3) is 0 Å². The number of aliphatic hydroxyl groups excluding tert-OH is 1. The van der Waals surface area contributed by atoms with Crippen LogP contribution in [0.2, 0.25) is 0 Å². The lowest BCUT2D eigenvalue weighted by Gasteiger charge is -2.25. The maximum absolute atomic E-state index is 13.4. The van der Waals surface area contributed by atoms with Crippen LogP contribution in [0.15, 0.2) is 18.2 Å². The highest BCUT2D eigenvalue weighted by molar-refractivity contribution is 5.68. The summed E-state index contributed by atoms with van der Waals surface area (Å²) >= 11 is 0. The number of nitrogens with two attached hydrogens (primary N) is 1. The van der Waals surface area contributed by atoms with E-state index >= 15 is 0 Å². The lowest BCUT2D eigenvalue weighted by Crippen LogP contribution is -2.46. The lowest BCUT2D eigenvalue weighted by molar-refractivity contribution is -0.139. The molecule has 8 heteroatoms. The third kappa shape index (κ3) is 8.48. The summed E-state index contributed by atoms with van der Waals surface area (Å²) in [6.45, 7) is 1.75. The number of aryl methyl sites for hydroxylation is 1. The van der Waals surface area contributed by atoms with Gasteiger partial charge in [-0.2, -0.15) is 13.2 Å². The SMILES string of the molecule is CCCCCCCOc1ccc(CCC(N)(CO)CC(=O)O)cc1C(F)(F)F. The molecule has 1 atom stereocenters. The number of rotatable bonds is 13. The van der Waals surface area contributed by atoms with Crippen LogP contribution in [0, 0.1) is 0 Å². The molecule has 1 rings (SSSR count). The predicted molar refractivity (Wildman–Crippen MR) is 100 cm³/mol. The van der Waals surface area contributed by atoms with Crippen molar-refractivity contribution in [3.05, 3.63) is 29.3 Å². The fourth-order valence-corrected chi connectivity index (χ4v) is 2.89. The van der Waals surface area contributed by atoms with Gasteiger partial charge in [-0.05, 0) is 37.0 Å². The molecule has 0 aromatic heterocycles. The molecule has 160 valence electrons. The number of ether oxygens (including phenoxy) is 1. The molecule has 0 saturated carbocycles. The second-order valence-corrected chi connectivity index (χ2v) is 7.18. The molecule has 0 saturated heterocycles. The lowest BCUT2D eigenvalue weighted by atomic mass is 9.89. The highest BCUT2D eigenvalue weighted by Crippen LogP contribution is 2.37. The molecule has 0 fully saturated rings. The molecule has 1 aromatic rings. The van der Waals surface area contributed by atoms with Gasteiger partial charge in [0, 0.05) is 5.54 Å². The van der Waals surface area contributed by atoms with Crippen molar-refractivity contribution >= 4 is 5.97 Å². The summed E-state index contributed by atoms with van der Waals surface area (Å²) in [4.78, 5) is 10.8. The Morgan fingerprint density at radius 1 is 1.18 bits per heavy atom. The number of alkyl halides is 3. The van der Waals surface area contributed by atoms with Gasteiger partial charge in [-0.15, -0.1) is 0 Å². The Hall–Kier alpha value is -1.80. The van der Waals surface area contributed by atoms with Crippen LogP contribution in [0.1, 0.15) is 63.0 Å². The van der Waals surface area contributed by atoms with E-state index in [1.54, 1.807) is 0 Å². The molecule has 5 nitrogen and oxygen atoms in total. The van der Waals surface area contributed by atoms with E-state index in [-0.39, 0.29) is 25.2 Å². The van der Waals surface area contributed by atoms with Gasteiger partial charge in [-0.25, -0.2) is 0 Å². The minimum atomic E-state index is -4.56. The summed E-state index contributed by atoms with van der Waals surface area (Å²) < 4.78 is 45.5. The van der Waals surface area contributed by atoms with Crippen LogP contribution < -0.4 is 10.5 Å². The summed E-state index contributed by atoms with van der Waals surface area (Å²) in [5.41, 5.74) is 3.96. The van der Waals surface area contributed by atoms with E-state index in [1.807, 2.05) is 0 Å². The average molecular weight is 405 g/mol. The van der Waals surface area contributed by atoms with Crippen LogP contribution in [0.3, 0.4) is 0 Å². The first kappa shape index (κ1) is 24.2. The molecule has 0 amide bonds. The second kappa shape index (κ2) is 11.3. The first-order valence-corrected chi connectivity index (χ1v) is 9.56. The highest BCUT2D eigenvalue weighted by atomic mass is 19.4. The highest BCUT2D eigenvalue weighted by Gasteiger charge is 2.35. The quantitative estimate of drug-likeness (QED) is 0.429. The van der Waals surface area contributed by atoms with Crippen molar-refractivity contribution in [1.82, 2.24) is 0 Å². The van der Waals surface area contributed by atoms with Crippen LogP contribution in [-0.4, -0.2) is 34.9 Å². The molecule has 1 aromatic carbocycles. The Bertz CT molecular complexity index is 622. The van der Waals surface area contributed by atoms with Crippen molar-refractivity contribution < 1.29 is 32.9 Å². The fourth-order valence-electron chi connectivity index (χ4n) is 2.89. The average Bonchev–Trinajstić information content (AvgIpc) is 2.62. The topological polar surface area (TPSA) is 92.8 Å². The number of aliphatic hydroxyl groups is 1. The standard InChI is InChI=1S/C20H30F3NO4/c1-2-3-4-5-6-11-28-17-8-7-15(12-16(17)20(21,22)23)9-10-19(24,14-25)13-18(26)27/h7-8,12,25H,2-6,9-11,13-14,24H2,1H3,(H,26,27). The van der Waals surface area contributed by atoms with Crippen LogP contribution >= 0.6 is 0 Å². The smallest absolute Gasteiger partial charge is 0.419 e. The number of halogens is 3. The molecular formula is C20H30F3NO4. The van der Waals surface area contributed by atoms with E-state index in [9.17, 15) is 23.1 Å². The summed E-state index contributed by atoms with van der Waals surface area (Å²) in [6.07, 6.45) is -0.0338. The third-order valence-corrected chi connectivity index (χ3v) is 4.58. The fraction of sp³-hybridized carbons (Fsp3) is 0.650.